The van der Waals surface area contributed by atoms with Crippen LogP contribution in [-0.2, 0) is 17.8 Å². The molecule has 1 amide bonds. The second-order valence-corrected chi connectivity index (χ2v) is 6.81. The topological polar surface area (TPSA) is 82.7 Å². The smallest absolute Gasteiger partial charge is 0.419 e. The van der Waals surface area contributed by atoms with Crippen molar-refractivity contribution in [2.75, 3.05) is 11.9 Å². The third-order valence-corrected chi connectivity index (χ3v) is 4.71. The molecule has 3 aromatic rings. The standard InChI is InChI=1S/C21H22N2O5/c1-3-26-19-11-14-10-13(2)27-18(14)12-15(19)22-20(24)8-9-23-16-6-4-5-7-17(16)28-21(23)25/h4-7,11-13H,3,8-10H2,1-2H3,(H,22,24)/t13-/m1/s1. The summed E-state index contributed by atoms with van der Waals surface area (Å²) in [5.41, 5.74) is 2.83. The lowest BCUT2D eigenvalue weighted by atomic mass is 10.1. The number of benzene rings is 2. The SMILES string of the molecule is CCOc1cc2c(cc1NC(=O)CCn1c(=O)oc3ccccc31)O[C@H](C)C2. The zero-order valence-corrected chi connectivity index (χ0v) is 15.9. The highest BCUT2D eigenvalue weighted by Crippen LogP contribution is 2.38. The Balaban J connectivity index is 1.50. The molecule has 28 heavy (non-hydrogen) atoms. The molecule has 0 spiro atoms. The number of amides is 1. The van der Waals surface area contributed by atoms with Crippen molar-refractivity contribution in [1.29, 1.82) is 0 Å². The van der Waals surface area contributed by atoms with Crippen LogP contribution in [0.25, 0.3) is 11.1 Å². The first-order valence-corrected chi connectivity index (χ1v) is 9.39. The first-order chi connectivity index (χ1) is 13.5. The Morgan fingerprint density at radius 1 is 1.32 bits per heavy atom. The number of para-hydroxylation sites is 2. The van der Waals surface area contributed by atoms with Crippen LogP contribution in [0.4, 0.5) is 5.69 Å². The molecule has 0 radical (unpaired) electrons. The molecule has 1 aliphatic rings. The summed E-state index contributed by atoms with van der Waals surface area (Å²) in [6.45, 7) is 4.62. The van der Waals surface area contributed by atoms with E-state index in [2.05, 4.69) is 5.32 Å². The minimum absolute atomic E-state index is 0.108. The molecule has 0 aliphatic carbocycles. The average Bonchev–Trinajstić information content (AvgIpc) is 3.18. The van der Waals surface area contributed by atoms with E-state index in [1.807, 2.05) is 26.0 Å². The predicted octanol–water partition coefficient (Wildman–Crippen LogP) is 3.35. The summed E-state index contributed by atoms with van der Waals surface area (Å²) >= 11 is 0. The fourth-order valence-electron chi connectivity index (χ4n) is 3.46. The molecule has 146 valence electrons. The highest BCUT2D eigenvalue weighted by atomic mass is 16.5. The van der Waals surface area contributed by atoms with E-state index < -0.39 is 5.76 Å². The molecular formula is C21H22N2O5. The predicted molar refractivity (Wildman–Crippen MR) is 105 cm³/mol. The van der Waals surface area contributed by atoms with E-state index in [1.54, 1.807) is 24.3 Å². The highest BCUT2D eigenvalue weighted by Gasteiger charge is 2.22. The summed E-state index contributed by atoms with van der Waals surface area (Å²) in [4.78, 5) is 24.6. The highest BCUT2D eigenvalue weighted by molar-refractivity contribution is 5.92. The molecule has 0 bridgehead atoms. The second-order valence-electron chi connectivity index (χ2n) is 6.81. The number of oxazole rings is 1. The second kappa shape index (κ2) is 7.42. The quantitative estimate of drug-likeness (QED) is 0.707. The van der Waals surface area contributed by atoms with Crippen molar-refractivity contribution in [1.82, 2.24) is 4.57 Å². The number of hydrogen-bond acceptors (Lipinski definition) is 5. The molecule has 0 fully saturated rings. The Kier molecular flexibility index (Phi) is 4.81. The number of carbonyl (C=O) groups excluding carboxylic acids is 1. The molecule has 2 heterocycles. The number of aromatic nitrogens is 1. The minimum Gasteiger partial charge on any atom is -0.492 e. The van der Waals surface area contributed by atoms with Crippen molar-refractivity contribution in [2.45, 2.75) is 39.3 Å². The van der Waals surface area contributed by atoms with Gasteiger partial charge in [0.05, 0.1) is 17.8 Å². The van der Waals surface area contributed by atoms with Gasteiger partial charge in [-0.1, -0.05) is 12.1 Å². The number of rotatable bonds is 6. The largest absolute Gasteiger partial charge is 0.492 e. The van der Waals surface area contributed by atoms with Gasteiger partial charge in [-0.2, -0.15) is 0 Å². The number of fused-ring (bicyclic) bond motifs is 2. The van der Waals surface area contributed by atoms with Crippen molar-refractivity contribution in [2.24, 2.45) is 0 Å². The van der Waals surface area contributed by atoms with Crippen molar-refractivity contribution in [3.05, 3.63) is 52.5 Å². The van der Waals surface area contributed by atoms with E-state index in [-0.39, 0.29) is 25.0 Å². The summed E-state index contributed by atoms with van der Waals surface area (Å²) in [6.07, 6.45) is 1.06. The number of aryl methyl sites for hydroxylation is 1. The van der Waals surface area contributed by atoms with Gasteiger partial charge in [0, 0.05) is 31.0 Å². The van der Waals surface area contributed by atoms with Crippen LogP contribution in [0.15, 0.2) is 45.6 Å². The van der Waals surface area contributed by atoms with Crippen molar-refractivity contribution >= 4 is 22.7 Å². The van der Waals surface area contributed by atoms with Crippen LogP contribution in [-0.4, -0.2) is 23.2 Å². The molecular weight excluding hydrogens is 360 g/mol. The maximum atomic E-state index is 12.5. The van der Waals surface area contributed by atoms with Gasteiger partial charge in [-0.25, -0.2) is 4.79 Å². The third-order valence-electron chi connectivity index (χ3n) is 4.71. The maximum Gasteiger partial charge on any atom is 0.419 e. The van der Waals surface area contributed by atoms with E-state index in [0.29, 0.717) is 29.1 Å². The number of nitrogens with one attached hydrogen (secondary N) is 1. The molecule has 1 atom stereocenters. The zero-order valence-electron chi connectivity index (χ0n) is 15.9. The lowest BCUT2D eigenvalue weighted by Gasteiger charge is -2.13. The van der Waals surface area contributed by atoms with Gasteiger partial charge in [0.1, 0.15) is 17.6 Å². The van der Waals surface area contributed by atoms with Gasteiger partial charge in [0.2, 0.25) is 5.91 Å². The Bertz CT molecular complexity index is 1080. The van der Waals surface area contributed by atoms with E-state index in [1.165, 1.54) is 4.57 Å². The first kappa shape index (κ1) is 18.2. The first-order valence-electron chi connectivity index (χ1n) is 9.39. The van der Waals surface area contributed by atoms with Gasteiger partial charge in [0.15, 0.2) is 5.58 Å². The molecule has 0 saturated carbocycles. The molecule has 1 N–H and O–H groups in total. The lowest BCUT2D eigenvalue weighted by molar-refractivity contribution is -0.116. The van der Waals surface area contributed by atoms with Crippen LogP contribution in [0.1, 0.15) is 25.8 Å². The summed E-state index contributed by atoms with van der Waals surface area (Å²) in [5.74, 6) is 0.703. The van der Waals surface area contributed by atoms with Gasteiger partial charge in [-0.05, 0) is 32.0 Å². The van der Waals surface area contributed by atoms with Crippen LogP contribution in [0.3, 0.4) is 0 Å². The molecule has 4 rings (SSSR count). The van der Waals surface area contributed by atoms with Gasteiger partial charge in [0.25, 0.3) is 0 Å². The Morgan fingerprint density at radius 3 is 2.96 bits per heavy atom. The third kappa shape index (κ3) is 3.47. The molecule has 1 aliphatic heterocycles. The summed E-state index contributed by atoms with van der Waals surface area (Å²) < 4.78 is 18.1. The van der Waals surface area contributed by atoms with Gasteiger partial charge >= 0.3 is 5.76 Å². The van der Waals surface area contributed by atoms with Gasteiger partial charge in [-0.3, -0.25) is 9.36 Å². The van der Waals surface area contributed by atoms with E-state index in [0.717, 1.165) is 17.7 Å². The fraction of sp³-hybridized carbons (Fsp3) is 0.333. The Labute approximate surface area is 161 Å². The van der Waals surface area contributed by atoms with Crippen LogP contribution in [0.2, 0.25) is 0 Å². The van der Waals surface area contributed by atoms with Crippen LogP contribution in [0, 0.1) is 0 Å². The number of anilines is 1. The average molecular weight is 382 g/mol. The maximum absolute atomic E-state index is 12.5. The molecule has 0 saturated heterocycles. The van der Waals surface area contributed by atoms with E-state index in [9.17, 15) is 9.59 Å². The number of carbonyl (C=O) groups is 1. The zero-order chi connectivity index (χ0) is 19.7. The molecule has 2 aromatic carbocycles. The lowest BCUT2D eigenvalue weighted by Crippen LogP contribution is -2.20. The van der Waals surface area contributed by atoms with Crippen molar-refractivity contribution in [3.8, 4) is 11.5 Å². The number of nitrogens with zero attached hydrogens (tertiary/aromatic N) is 1. The summed E-state index contributed by atoms with van der Waals surface area (Å²) in [6, 6.07) is 10.9. The Morgan fingerprint density at radius 2 is 2.14 bits per heavy atom. The molecule has 7 heteroatoms. The number of ether oxygens (including phenoxy) is 2. The monoisotopic (exact) mass is 382 g/mol. The minimum atomic E-state index is -0.469. The van der Waals surface area contributed by atoms with Crippen LogP contribution in [0.5, 0.6) is 11.5 Å². The van der Waals surface area contributed by atoms with E-state index in [4.69, 9.17) is 13.9 Å². The van der Waals surface area contributed by atoms with Gasteiger partial charge in [-0.15, -0.1) is 0 Å². The van der Waals surface area contributed by atoms with Crippen LogP contribution >= 0.6 is 0 Å². The number of hydrogen-bond donors (Lipinski definition) is 1. The molecule has 7 nitrogen and oxygen atoms in total. The molecule has 1 aromatic heterocycles. The summed E-state index contributed by atoms with van der Waals surface area (Å²) in [7, 11) is 0. The van der Waals surface area contributed by atoms with Crippen LogP contribution < -0.4 is 20.5 Å². The Hall–Kier alpha value is -3.22. The fourth-order valence-corrected chi connectivity index (χ4v) is 3.46. The van der Waals surface area contributed by atoms with E-state index >= 15 is 0 Å². The normalized spacial score (nSPS) is 15.3. The summed E-state index contributed by atoms with van der Waals surface area (Å²) in [5, 5.41) is 2.88. The van der Waals surface area contributed by atoms with Crippen molar-refractivity contribution in [3.63, 3.8) is 0 Å². The van der Waals surface area contributed by atoms with Crippen molar-refractivity contribution < 1.29 is 18.7 Å². The molecule has 0 unspecified atom stereocenters. The van der Waals surface area contributed by atoms with Gasteiger partial charge < -0.3 is 19.2 Å².